The van der Waals surface area contributed by atoms with Crippen LogP contribution in [0.1, 0.15) is 35.3 Å². The standard InChI is InChI=1S/C18H20F6N4O3S/c19-17(20,21)12-9-1-2-10(7-9)13(12)26-16-25-8-11(14(27-16)18(22,23)24)15(29)28-3-5-32(30,31)6-4-28/h8-10,12-13H,1-7H2,(H,25,26,27)/t9-,10+,12+,13+/m0/s1. The number of aromatic nitrogens is 2. The summed E-state index contributed by atoms with van der Waals surface area (Å²) in [6, 6.07) is -1.14. The summed E-state index contributed by atoms with van der Waals surface area (Å²) in [5, 5.41) is 2.45. The van der Waals surface area contributed by atoms with Gasteiger partial charge in [0.05, 0.1) is 23.0 Å². The van der Waals surface area contributed by atoms with Crippen LogP contribution in [0, 0.1) is 17.8 Å². The Morgan fingerprint density at radius 3 is 2.28 bits per heavy atom. The molecule has 1 amide bonds. The Labute approximate surface area is 179 Å². The first-order valence-electron chi connectivity index (χ1n) is 10.0. The van der Waals surface area contributed by atoms with E-state index in [1.165, 1.54) is 0 Å². The van der Waals surface area contributed by atoms with E-state index >= 15 is 0 Å². The van der Waals surface area contributed by atoms with Gasteiger partial charge in [-0.3, -0.25) is 4.79 Å². The summed E-state index contributed by atoms with van der Waals surface area (Å²) >= 11 is 0. The second-order valence-corrected chi connectivity index (χ2v) is 10.8. The minimum atomic E-state index is -5.07. The molecule has 0 radical (unpaired) electrons. The lowest BCUT2D eigenvalue weighted by Gasteiger charge is -2.33. The Morgan fingerprint density at radius 2 is 1.69 bits per heavy atom. The monoisotopic (exact) mass is 486 g/mol. The number of hydrogen-bond donors (Lipinski definition) is 1. The highest BCUT2D eigenvalue weighted by Crippen LogP contribution is 2.54. The Hall–Kier alpha value is -2.12. The van der Waals surface area contributed by atoms with E-state index in [0.29, 0.717) is 25.5 Å². The second-order valence-electron chi connectivity index (χ2n) is 8.47. The molecule has 3 fully saturated rings. The van der Waals surface area contributed by atoms with Gasteiger partial charge >= 0.3 is 12.4 Å². The summed E-state index contributed by atoms with van der Waals surface area (Å²) in [5.74, 6) is -5.07. The fraction of sp³-hybridized carbons (Fsp3) is 0.722. The molecule has 0 aromatic carbocycles. The normalized spacial score (nSPS) is 29.9. The van der Waals surface area contributed by atoms with Gasteiger partial charge in [0.25, 0.3) is 5.91 Å². The summed E-state index contributed by atoms with van der Waals surface area (Å²) in [6.45, 7) is -0.534. The maximum absolute atomic E-state index is 13.6. The van der Waals surface area contributed by atoms with Crippen molar-refractivity contribution < 1.29 is 39.6 Å². The highest BCUT2D eigenvalue weighted by molar-refractivity contribution is 7.91. The molecule has 0 unspecified atom stereocenters. The van der Waals surface area contributed by atoms with Gasteiger partial charge in [-0.1, -0.05) is 0 Å². The molecular formula is C18H20F6N4O3S. The maximum atomic E-state index is 13.6. The summed E-state index contributed by atoms with van der Waals surface area (Å²) < 4.78 is 105. The van der Waals surface area contributed by atoms with Gasteiger partial charge in [-0.05, 0) is 31.1 Å². The Kier molecular flexibility index (Phi) is 5.57. The molecule has 7 nitrogen and oxygen atoms in total. The van der Waals surface area contributed by atoms with Gasteiger partial charge in [0, 0.05) is 25.3 Å². The molecule has 1 saturated heterocycles. The van der Waals surface area contributed by atoms with E-state index in [-0.39, 0.29) is 30.5 Å². The predicted molar refractivity (Wildman–Crippen MR) is 99.4 cm³/mol. The number of alkyl halides is 6. The lowest BCUT2D eigenvalue weighted by Crippen LogP contribution is -2.44. The summed E-state index contributed by atoms with van der Waals surface area (Å²) in [6.07, 6.45) is -7.64. The lowest BCUT2D eigenvalue weighted by molar-refractivity contribution is -0.189. The highest BCUT2D eigenvalue weighted by Gasteiger charge is 2.59. The predicted octanol–water partition coefficient (Wildman–Crippen LogP) is 2.75. The SMILES string of the molecule is O=C(c1cnc(N[C@@H]2[C@@H]3CC[C@@H](C3)[C@H]2C(F)(F)F)nc1C(F)(F)F)N1CCS(=O)(=O)CC1. The van der Waals surface area contributed by atoms with Crippen LogP contribution >= 0.6 is 0 Å². The summed E-state index contributed by atoms with van der Waals surface area (Å²) in [4.78, 5) is 20.7. The third kappa shape index (κ3) is 4.37. The zero-order valence-electron chi connectivity index (χ0n) is 16.6. The molecule has 14 heteroatoms. The number of nitrogens with one attached hydrogen (secondary N) is 1. The van der Waals surface area contributed by atoms with Crippen LogP contribution in [0.4, 0.5) is 32.3 Å². The lowest BCUT2D eigenvalue weighted by atomic mass is 9.84. The molecule has 32 heavy (non-hydrogen) atoms. The molecular weight excluding hydrogens is 466 g/mol. The van der Waals surface area contributed by atoms with Crippen molar-refractivity contribution in [2.75, 3.05) is 29.9 Å². The number of rotatable bonds is 3. The van der Waals surface area contributed by atoms with Gasteiger partial charge in [0.15, 0.2) is 15.5 Å². The maximum Gasteiger partial charge on any atom is 0.434 e. The van der Waals surface area contributed by atoms with Crippen molar-refractivity contribution in [2.24, 2.45) is 17.8 Å². The fourth-order valence-electron chi connectivity index (χ4n) is 5.03. The topological polar surface area (TPSA) is 92.3 Å². The number of sulfone groups is 1. The summed E-state index contributed by atoms with van der Waals surface area (Å²) in [7, 11) is -3.36. The summed E-state index contributed by atoms with van der Waals surface area (Å²) in [5.41, 5.74) is -2.44. The van der Waals surface area contributed by atoms with Gasteiger partial charge in [-0.2, -0.15) is 26.3 Å². The zero-order chi connectivity index (χ0) is 23.5. The van der Waals surface area contributed by atoms with E-state index in [2.05, 4.69) is 15.3 Å². The first-order chi connectivity index (χ1) is 14.8. The molecule has 178 valence electrons. The van der Waals surface area contributed by atoms with Crippen LogP contribution < -0.4 is 5.32 Å². The van der Waals surface area contributed by atoms with Gasteiger partial charge in [0.2, 0.25) is 5.95 Å². The molecule has 1 aromatic rings. The number of carbonyl (C=O) groups excluding carboxylic acids is 1. The Balaban J connectivity index is 1.60. The number of carbonyl (C=O) groups is 1. The van der Waals surface area contributed by atoms with Crippen molar-refractivity contribution in [3.8, 4) is 0 Å². The van der Waals surface area contributed by atoms with Gasteiger partial charge in [-0.25, -0.2) is 18.4 Å². The van der Waals surface area contributed by atoms with Crippen LogP contribution in [0.3, 0.4) is 0 Å². The van der Waals surface area contributed by atoms with Gasteiger partial charge < -0.3 is 10.2 Å². The van der Waals surface area contributed by atoms with Gasteiger partial charge in [0.1, 0.15) is 0 Å². The molecule has 1 aliphatic heterocycles. The molecule has 3 aliphatic rings. The number of amides is 1. The van der Waals surface area contributed by atoms with E-state index in [9.17, 15) is 39.6 Å². The largest absolute Gasteiger partial charge is 0.434 e. The molecule has 1 N–H and O–H groups in total. The number of fused-ring (bicyclic) bond motifs is 2. The minimum absolute atomic E-state index is 0.267. The molecule has 2 saturated carbocycles. The van der Waals surface area contributed by atoms with Crippen molar-refractivity contribution in [3.05, 3.63) is 17.5 Å². The molecule has 2 aliphatic carbocycles. The van der Waals surface area contributed by atoms with Crippen molar-refractivity contribution in [1.29, 1.82) is 0 Å². The smallest absolute Gasteiger partial charge is 0.351 e. The molecule has 2 heterocycles. The van der Waals surface area contributed by atoms with Crippen LogP contribution in [0.2, 0.25) is 0 Å². The van der Waals surface area contributed by atoms with Crippen LogP contribution in [0.5, 0.6) is 0 Å². The van der Waals surface area contributed by atoms with E-state index in [4.69, 9.17) is 0 Å². The molecule has 4 rings (SSSR count). The van der Waals surface area contributed by atoms with E-state index in [0.717, 1.165) is 4.90 Å². The highest BCUT2D eigenvalue weighted by atomic mass is 32.2. The first-order valence-corrected chi connectivity index (χ1v) is 11.9. The molecule has 2 bridgehead atoms. The van der Waals surface area contributed by atoms with Crippen molar-refractivity contribution in [2.45, 2.75) is 37.7 Å². The van der Waals surface area contributed by atoms with Crippen molar-refractivity contribution in [1.82, 2.24) is 14.9 Å². The van der Waals surface area contributed by atoms with E-state index in [1.807, 2.05) is 0 Å². The van der Waals surface area contributed by atoms with Crippen LogP contribution in [-0.4, -0.2) is 66.0 Å². The van der Waals surface area contributed by atoms with Crippen LogP contribution in [-0.2, 0) is 16.0 Å². The van der Waals surface area contributed by atoms with Crippen molar-refractivity contribution >= 4 is 21.7 Å². The van der Waals surface area contributed by atoms with Crippen LogP contribution in [0.25, 0.3) is 0 Å². The number of hydrogen-bond acceptors (Lipinski definition) is 6. The molecule has 1 aromatic heterocycles. The third-order valence-electron chi connectivity index (χ3n) is 6.51. The van der Waals surface area contributed by atoms with Crippen molar-refractivity contribution in [3.63, 3.8) is 0 Å². The average Bonchev–Trinajstić information content (AvgIpc) is 3.28. The van der Waals surface area contributed by atoms with Crippen LogP contribution in [0.15, 0.2) is 6.20 Å². The molecule has 0 spiro atoms. The molecule has 4 atom stereocenters. The quantitative estimate of drug-likeness (QED) is 0.661. The van der Waals surface area contributed by atoms with E-state index < -0.39 is 63.2 Å². The number of anilines is 1. The Bertz CT molecular complexity index is 999. The Morgan fingerprint density at radius 1 is 1.06 bits per heavy atom. The van der Waals surface area contributed by atoms with Gasteiger partial charge in [-0.15, -0.1) is 0 Å². The number of halogens is 6. The second kappa shape index (κ2) is 7.73. The van der Waals surface area contributed by atoms with E-state index in [1.54, 1.807) is 0 Å². The number of nitrogens with zero attached hydrogens (tertiary/aromatic N) is 3. The first kappa shape index (κ1) is 23.1. The minimum Gasteiger partial charge on any atom is -0.351 e. The average molecular weight is 486 g/mol. The zero-order valence-corrected chi connectivity index (χ0v) is 17.4. The third-order valence-corrected chi connectivity index (χ3v) is 8.12. The fourth-order valence-corrected chi connectivity index (χ4v) is 6.23.